The SMILES string of the molecule is FC(F)(F)Oc1ccc(OCCCOc2ccc(OCC=C(Cl)Cl)c(C(F)(F)F)c2)cc1. The average Bonchev–Trinajstić information content (AvgIpc) is 2.67. The average molecular weight is 505 g/mol. The lowest BCUT2D eigenvalue weighted by atomic mass is 10.2. The van der Waals surface area contributed by atoms with Gasteiger partial charge in [-0.2, -0.15) is 13.2 Å². The van der Waals surface area contributed by atoms with Crippen LogP contribution in [0.5, 0.6) is 23.0 Å². The molecule has 2 rings (SSSR count). The quantitative estimate of drug-likeness (QED) is 0.254. The minimum Gasteiger partial charge on any atom is -0.493 e. The molecule has 0 amide bonds. The molecule has 176 valence electrons. The van der Waals surface area contributed by atoms with Gasteiger partial charge in [-0.25, -0.2) is 0 Å². The summed E-state index contributed by atoms with van der Waals surface area (Å²) in [7, 11) is 0. The smallest absolute Gasteiger partial charge is 0.493 e. The second-order valence-electron chi connectivity index (χ2n) is 6.03. The molecule has 2 aromatic carbocycles. The fourth-order valence-electron chi connectivity index (χ4n) is 2.32. The molecule has 32 heavy (non-hydrogen) atoms. The molecule has 0 aromatic heterocycles. The molecule has 0 radical (unpaired) electrons. The van der Waals surface area contributed by atoms with Gasteiger partial charge in [0, 0.05) is 6.42 Å². The van der Waals surface area contributed by atoms with Crippen LogP contribution in [-0.2, 0) is 6.18 Å². The molecule has 12 heteroatoms. The van der Waals surface area contributed by atoms with Crippen LogP contribution in [0.25, 0.3) is 0 Å². The van der Waals surface area contributed by atoms with Crippen LogP contribution in [0.3, 0.4) is 0 Å². The summed E-state index contributed by atoms with van der Waals surface area (Å²) >= 11 is 10.8. The van der Waals surface area contributed by atoms with Crippen molar-refractivity contribution in [3.8, 4) is 23.0 Å². The third kappa shape index (κ3) is 9.35. The maximum atomic E-state index is 13.3. The Balaban J connectivity index is 1.84. The van der Waals surface area contributed by atoms with Crippen molar-refractivity contribution in [3.63, 3.8) is 0 Å². The van der Waals surface area contributed by atoms with Gasteiger partial charge in [0.25, 0.3) is 0 Å². The molecule has 0 saturated carbocycles. The van der Waals surface area contributed by atoms with Gasteiger partial charge in [-0.15, -0.1) is 13.2 Å². The standard InChI is InChI=1S/C20H16Cl2F6O4/c21-18(22)8-11-31-17-7-6-15(12-16(17)19(23,24)25)30-10-1-9-29-13-2-4-14(5-3-13)32-20(26,27)28/h2-8,12H,1,9-11H2. The Morgan fingerprint density at radius 1 is 0.781 bits per heavy atom. The topological polar surface area (TPSA) is 36.9 Å². The van der Waals surface area contributed by atoms with Crippen LogP contribution < -0.4 is 18.9 Å². The van der Waals surface area contributed by atoms with E-state index in [0.717, 1.165) is 24.3 Å². The van der Waals surface area contributed by atoms with Crippen molar-refractivity contribution < 1.29 is 45.3 Å². The van der Waals surface area contributed by atoms with Crippen LogP contribution in [0.15, 0.2) is 53.0 Å². The molecular formula is C20H16Cl2F6O4. The highest BCUT2D eigenvalue weighted by molar-refractivity contribution is 6.55. The fraction of sp³-hybridized carbons (Fsp3) is 0.300. The molecule has 0 saturated heterocycles. The van der Waals surface area contributed by atoms with Crippen LogP contribution in [-0.4, -0.2) is 26.2 Å². The van der Waals surface area contributed by atoms with Crippen molar-refractivity contribution >= 4 is 23.2 Å². The van der Waals surface area contributed by atoms with Crippen molar-refractivity contribution in [2.75, 3.05) is 19.8 Å². The van der Waals surface area contributed by atoms with Gasteiger partial charge in [-0.1, -0.05) is 23.2 Å². The Bertz CT molecular complexity index is 894. The van der Waals surface area contributed by atoms with Crippen LogP contribution in [0.1, 0.15) is 12.0 Å². The Hall–Kier alpha value is -2.46. The third-order valence-corrected chi connectivity index (χ3v) is 3.92. The van der Waals surface area contributed by atoms with Crippen molar-refractivity contribution in [2.24, 2.45) is 0 Å². The lowest BCUT2D eigenvalue weighted by Crippen LogP contribution is -2.17. The van der Waals surface area contributed by atoms with E-state index in [-0.39, 0.29) is 35.8 Å². The number of halogens is 8. The minimum atomic E-state index is -4.79. The summed E-state index contributed by atoms with van der Waals surface area (Å²) in [6.07, 6.45) is -7.96. The lowest BCUT2D eigenvalue weighted by molar-refractivity contribution is -0.274. The molecule has 0 atom stereocenters. The Morgan fingerprint density at radius 3 is 1.91 bits per heavy atom. The Morgan fingerprint density at radius 2 is 1.34 bits per heavy atom. The van der Waals surface area contributed by atoms with E-state index in [1.165, 1.54) is 24.3 Å². The monoisotopic (exact) mass is 504 g/mol. The summed E-state index contributed by atoms with van der Waals surface area (Å²) in [5, 5.41) is 0. The van der Waals surface area contributed by atoms with Gasteiger partial charge < -0.3 is 18.9 Å². The number of hydrogen-bond donors (Lipinski definition) is 0. The first-order valence-corrected chi connectivity index (χ1v) is 9.66. The van der Waals surface area contributed by atoms with E-state index in [9.17, 15) is 26.3 Å². The summed E-state index contributed by atoms with van der Waals surface area (Å²) in [6.45, 7) is -0.0814. The van der Waals surface area contributed by atoms with Crippen LogP contribution in [0, 0.1) is 0 Å². The van der Waals surface area contributed by atoms with E-state index in [1.807, 2.05) is 0 Å². The molecule has 0 N–H and O–H groups in total. The molecule has 0 spiro atoms. The van der Waals surface area contributed by atoms with E-state index >= 15 is 0 Å². The van der Waals surface area contributed by atoms with Gasteiger partial charge >= 0.3 is 12.5 Å². The predicted molar refractivity (Wildman–Crippen MR) is 105 cm³/mol. The number of benzene rings is 2. The minimum absolute atomic E-state index is 0.0238. The second-order valence-corrected chi connectivity index (χ2v) is 7.04. The number of ether oxygens (including phenoxy) is 4. The van der Waals surface area contributed by atoms with Crippen LogP contribution >= 0.6 is 23.2 Å². The number of rotatable bonds is 10. The Kier molecular flexibility index (Phi) is 9.21. The van der Waals surface area contributed by atoms with Gasteiger partial charge in [0.15, 0.2) is 0 Å². The van der Waals surface area contributed by atoms with Gasteiger partial charge in [0.2, 0.25) is 0 Å². The van der Waals surface area contributed by atoms with E-state index in [0.29, 0.717) is 12.2 Å². The van der Waals surface area contributed by atoms with Crippen molar-refractivity contribution in [1.82, 2.24) is 0 Å². The molecule has 0 aliphatic heterocycles. The van der Waals surface area contributed by atoms with Gasteiger partial charge in [-0.3, -0.25) is 0 Å². The van der Waals surface area contributed by atoms with E-state index in [4.69, 9.17) is 37.4 Å². The van der Waals surface area contributed by atoms with E-state index in [2.05, 4.69) is 4.74 Å². The maximum Gasteiger partial charge on any atom is 0.573 e. The van der Waals surface area contributed by atoms with Crippen LogP contribution in [0.4, 0.5) is 26.3 Å². The summed E-state index contributed by atoms with van der Waals surface area (Å²) < 4.78 is 95.5. The first-order valence-electron chi connectivity index (χ1n) is 8.90. The molecule has 0 unspecified atom stereocenters. The highest BCUT2D eigenvalue weighted by Gasteiger charge is 2.35. The molecule has 0 bridgehead atoms. The second kappa shape index (κ2) is 11.4. The fourth-order valence-corrected chi connectivity index (χ4v) is 2.44. The summed E-state index contributed by atoms with van der Waals surface area (Å²) in [5.41, 5.74) is -1.02. The molecule has 4 nitrogen and oxygen atoms in total. The molecule has 2 aromatic rings. The van der Waals surface area contributed by atoms with E-state index in [1.54, 1.807) is 0 Å². The highest BCUT2D eigenvalue weighted by Crippen LogP contribution is 2.38. The van der Waals surface area contributed by atoms with Gasteiger partial charge in [0.1, 0.15) is 39.7 Å². The van der Waals surface area contributed by atoms with Gasteiger partial charge in [0.05, 0.1) is 13.2 Å². The molecule has 0 fully saturated rings. The zero-order valence-electron chi connectivity index (χ0n) is 16.1. The first kappa shape index (κ1) is 25.8. The zero-order chi connectivity index (χ0) is 23.8. The number of hydrogen-bond acceptors (Lipinski definition) is 4. The van der Waals surface area contributed by atoms with Crippen molar-refractivity contribution in [1.29, 1.82) is 0 Å². The van der Waals surface area contributed by atoms with Crippen molar-refractivity contribution in [2.45, 2.75) is 19.0 Å². The van der Waals surface area contributed by atoms with Crippen molar-refractivity contribution in [3.05, 3.63) is 58.6 Å². The summed E-state index contributed by atoms with van der Waals surface area (Å²) in [5.74, 6) is -0.518. The normalized spacial score (nSPS) is 11.6. The third-order valence-electron chi connectivity index (χ3n) is 3.62. The number of alkyl halides is 6. The summed E-state index contributed by atoms with van der Waals surface area (Å²) in [4.78, 5) is 0. The summed E-state index contributed by atoms with van der Waals surface area (Å²) in [6, 6.07) is 8.02. The zero-order valence-corrected chi connectivity index (χ0v) is 17.6. The predicted octanol–water partition coefficient (Wildman–Crippen LogP) is 7.15. The molecular weight excluding hydrogens is 489 g/mol. The van der Waals surface area contributed by atoms with E-state index < -0.39 is 23.9 Å². The molecule has 0 heterocycles. The molecule has 0 aliphatic carbocycles. The van der Waals surface area contributed by atoms with Crippen LogP contribution in [0.2, 0.25) is 0 Å². The maximum absolute atomic E-state index is 13.3. The first-order chi connectivity index (χ1) is 14.9. The highest BCUT2D eigenvalue weighted by atomic mass is 35.5. The largest absolute Gasteiger partial charge is 0.573 e. The Labute approximate surface area is 189 Å². The lowest BCUT2D eigenvalue weighted by Gasteiger charge is -2.15. The molecule has 0 aliphatic rings. The van der Waals surface area contributed by atoms with Gasteiger partial charge in [-0.05, 0) is 48.5 Å².